The number of fused-ring (bicyclic) bond motifs is 1. The van der Waals surface area contributed by atoms with Gasteiger partial charge in [-0.1, -0.05) is 0 Å². The van der Waals surface area contributed by atoms with E-state index in [-0.39, 0.29) is 5.75 Å². The van der Waals surface area contributed by atoms with Crippen LogP contribution in [0.25, 0.3) is 0 Å². The standard InChI is InChI=1S/C8H8FNO2/c9-5-1-2-6(10)8-7(5)11-3-4-12-8/h1-2H,3-4,10H2. The van der Waals surface area contributed by atoms with Crippen LogP contribution in [-0.4, -0.2) is 13.2 Å². The van der Waals surface area contributed by atoms with Crippen molar-refractivity contribution < 1.29 is 13.9 Å². The highest BCUT2D eigenvalue weighted by molar-refractivity contribution is 5.61. The van der Waals surface area contributed by atoms with Crippen LogP contribution in [0.5, 0.6) is 11.5 Å². The van der Waals surface area contributed by atoms with Crippen molar-refractivity contribution in [3.05, 3.63) is 17.9 Å². The Labute approximate surface area is 68.9 Å². The largest absolute Gasteiger partial charge is 0.484 e. The van der Waals surface area contributed by atoms with Crippen molar-refractivity contribution in [3.63, 3.8) is 0 Å². The molecule has 1 aliphatic rings. The lowest BCUT2D eigenvalue weighted by atomic mass is 10.2. The minimum absolute atomic E-state index is 0.126. The summed E-state index contributed by atoms with van der Waals surface area (Å²) in [6.07, 6.45) is 0. The molecular weight excluding hydrogens is 161 g/mol. The summed E-state index contributed by atoms with van der Waals surface area (Å²) in [5, 5.41) is 0. The van der Waals surface area contributed by atoms with Gasteiger partial charge in [0.1, 0.15) is 13.2 Å². The summed E-state index contributed by atoms with van der Waals surface area (Å²) in [5.41, 5.74) is 5.95. The van der Waals surface area contributed by atoms with E-state index in [1.165, 1.54) is 12.1 Å². The van der Waals surface area contributed by atoms with Gasteiger partial charge in [-0.25, -0.2) is 4.39 Å². The van der Waals surface area contributed by atoms with E-state index in [2.05, 4.69) is 0 Å². The highest BCUT2D eigenvalue weighted by Gasteiger charge is 2.18. The van der Waals surface area contributed by atoms with Crippen molar-refractivity contribution in [1.82, 2.24) is 0 Å². The fraction of sp³-hybridized carbons (Fsp3) is 0.250. The van der Waals surface area contributed by atoms with E-state index < -0.39 is 5.82 Å². The van der Waals surface area contributed by atoms with Crippen molar-refractivity contribution in [3.8, 4) is 11.5 Å². The summed E-state index contributed by atoms with van der Waals surface area (Å²) in [4.78, 5) is 0. The molecule has 12 heavy (non-hydrogen) atoms. The Kier molecular flexibility index (Phi) is 1.53. The van der Waals surface area contributed by atoms with Crippen LogP contribution in [0.4, 0.5) is 10.1 Å². The van der Waals surface area contributed by atoms with E-state index >= 15 is 0 Å². The second kappa shape index (κ2) is 2.55. The summed E-state index contributed by atoms with van der Waals surface area (Å²) >= 11 is 0. The minimum atomic E-state index is -0.432. The van der Waals surface area contributed by atoms with Crippen LogP contribution < -0.4 is 15.2 Å². The molecule has 0 bridgehead atoms. The Morgan fingerprint density at radius 2 is 1.83 bits per heavy atom. The lowest BCUT2D eigenvalue weighted by Gasteiger charge is -2.19. The van der Waals surface area contributed by atoms with Crippen LogP contribution in [-0.2, 0) is 0 Å². The highest BCUT2D eigenvalue weighted by atomic mass is 19.1. The lowest BCUT2D eigenvalue weighted by Crippen LogP contribution is -2.17. The van der Waals surface area contributed by atoms with Crippen LogP contribution in [0.1, 0.15) is 0 Å². The Morgan fingerprint density at radius 3 is 2.50 bits per heavy atom. The van der Waals surface area contributed by atoms with Gasteiger partial charge in [-0.2, -0.15) is 0 Å². The number of hydrogen-bond acceptors (Lipinski definition) is 3. The lowest BCUT2D eigenvalue weighted by molar-refractivity contribution is 0.165. The molecule has 3 nitrogen and oxygen atoms in total. The molecule has 2 rings (SSSR count). The van der Waals surface area contributed by atoms with Gasteiger partial charge in [0.2, 0.25) is 0 Å². The maximum Gasteiger partial charge on any atom is 0.199 e. The molecule has 0 aliphatic carbocycles. The number of halogens is 1. The molecule has 1 aromatic rings. The highest BCUT2D eigenvalue weighted by Crippen LogP contribution is 2.37. The zero-order valence-corrected chi connectivity index (χ0v) is 6.34. The van der Waals surface area contributed by atoms with E-state index in [0.717, 1.165) is 0 Å². The first-order chi connectivity index (χ1) is 5.79. The molecule has 0 saturated carbocycles. The fourth-order valence-electron chi connectivity index (χ4n) is 1.12. The molecule has 1 heterocycles. The van der Waals surface area contributed by atoms with Crippen LogP contribution >= 0.6 is 0 Å². The van der Waals surface area contributed by atoms with Crippen LogP contribution in [0.15, 0.2) is 12.1 Å². The van der Waals surface area contributed by atoms with Gasteiger partial charge in [0, 0.05) is 0 Å². The van der Waals surface area contributed by atoms with E-state index in [4.69, 9.17) is 15.2 Å². The third kappa shape index (κ3) is 0.958. The summed E-state index contributed by atoms with van der Waals surface area (Å²) in [5.74, 6) is 0.0152. The van der Waals surface area contributed by atoms with Crippen molar-refractivity contribution in [2.45, 2.75) is 0 Å². The van der Waals surface area contributed by atoms with Crippen molar-refractivity contribution >= 4 is 5.69 Å². The fourth-order valence-corrected chi connectivity index (χ4v) is 1.12. The van der Waals surface area contributed by atoms with Gasteiger partial charge < -0.3 is 15.2 Å². The van der Waals surface area contributed by atoms with Gasteiger partial charge in [0.25, 0.3) is 0 Å². The molecule has 0 radical (unpaired) electrons. The average molecular weight is 169 g/mol. The minimum Gasteiger partial charge on any atom is -0.484 e. The molecule has 0 atom stereocenters. The number of nitrogen functional groups attached to an aromatic ring is 1. The van der Waals surface area contributed by atoms with Crippen molar-refractivity contribution in [2.24, 2.45) is 0 Å². The number of hydrogen-bond donors (Lipinski definition) is 1. The smallest absolute Gasteiger partial charge is 0.199 e. The zero-order chi connectivity index (χ0) is 8.55. The third-order valence-electron chi connectivity index (χ3n) is 1.67. The summed E-state index contributed by atoms with van der Waals surface area (Å²) in [7, 11) is 0. The van der Waals surface area contributed by atoms with Gasteiger partial charge in [-0.15, -0.1) is 0 Å². The normalized spacial score (nSPS) is 14.4. The van der Waals surface area contributed by atoms with Crippen LogP contribution in [0.2, 0.25) is 0 Å². The van der Waals surface area contributed by atoms with E-state index in [1.54, 1.807) is 0 Å². The second-order valence-corrected chi connectivity index (χ2v) is 2.49. The summed E-state index contributed by atoms with van der Waals surface area (Å²) in [6.45, 7) is 0.786. The van der Waals surface area contributed by atoms with Crippen molar-refractivity contribution in [2.75, 3.05) is 18.9 Å². The van der Waals surface area contributed by atoms with Crippen LogP contribution in [0.3, 0.4) is 0 Å². The Morgan fingerprint density at radius 1 is 1.17 bits per heavy atom. The maximum absolute atomic E-state index is 13.0. The molecule has 0 aromatic heterocycles. The number of nitrogens with two attached hydrogens (primary N) is 1. The molecular formula is C8H8FNO2. The average Bonchev–Trinajstić information content (AvgIpc) is 2.12. The molecule has 1 aliphatic heterocycles. The summed E-state index contributed by atoms with van der Waals surface area (Å²) < 4.78 is 23.2. The predicted molar refractivity (Wildman–Crippen MR) is 41.8 cm³/mol. The Balaban J connectivity index is 2.57. The van der Waals surface area contributed by atoms with E-state index in [0.29, 0.717) is 24.7 Å². The molecule has 0 spiro atoms. The van der Waals surface area contributed by atoms with E-state index in [1.807, 2.05) is 0 Å². The zero-order valence-electron chi connectivity index (χ0n) is 6.34. The Hall–Kier alpha value is -1.45. The van der Waals surface area contributed by atoms with E-state index in [9.17, 15) is 4.39 Å². The monoisotopic (exact) mass is 169 g/mol. The van der Waals surface area contributed by atoms with Gasteiger partial charge in [0.15, 0.2) is 17.3 Å². The molecule has 0 amide bonds. The molecule has 0 unspecified atom stereocenters. The number of benzene rings is 1. The topological polar surface area (TPSA) is 44.5 Å². The number of ether oxygens (including phenoxy) is 2. The molecule has 2 N–H and O–H groups in total. The van der Waals surface area contributed by atoms with Crippen molar-refractivity contribution in [1.29, 1.82) is 0 Å². The molecule has 64 valence electrons. The maximum atomic E-state index is 13.0. The number of rotatable bonds is 0. The second-order valence-electron chi connectivity index (χ2n) is 2.49. The molecule has 4 heteroatoms. The molecule has 0 fully saturated rings. The van der Waals surface area contributed by atoms with Gasteiger partial charge in [0.05, 0.1) is 5.69 Å². The first-order valence-corrected chi connectivity index (χ1v) is 3.62. The number of anilines is 1. The first-order valence-electron chi connectivity index (χ1n) is 3.62. The third-order valence-corrected chi connectivity index (χ3v) is 1.67. The van der Waals surface area contributed by atoms with Gasteiger partial charge in [-0.05, 0) is 12.1 Å². The van der Waals surface area contributed by atoms with Gasteiger partial charge >= 0.3 is 0 Å². The quantitative estimate of drug-likeness (QED) is 0.593. The Bertz CT molecular complexity index is 283. The molecule has 0 saturated heterocycles. The SMILES string of the molecule is Nc1ccc(F)c2c1OCCO2. The first kappa shape index (κ1) is 7.21. The van der Waals surface area contributed by atoms with Crippen LogP contribution in [0, 0.1) is 5.82 Å². The molecule has 1 aromatic carbocycles. The van der Waals surface area contributed by atoms with Gasteiger partial charge in [-0.3, -0.25) is 0 Å². The summed E-state index contributed by atoms with van der Waals surface area (Å²) in [6, 6.07) is 2.73. The predicted octanol–water partition coefficient (Wildman–Crippen LogP) is 1.18.